The molecule has 30 heavy (non-hydrogen) atoms. The fourth-order valence-corrected chi connectivity index (χ4v) is 3.75. The lowest BCUT2D eigenvalue weighted by atomic mass is 10.00. The van der Waals surface area contributed by atoms with E-state index in [0.29, 0.717) is 38.0 Å². The van der Waals surface area contributed by atoms with E-state index in [0.717, 1.165) is 43.1 Å². The first kappa shape index (κ1) is 21.0. The minimum atomic E-state index is -1.25. The molecule has 162 valence electrons. The van der Waals surface area contributed by atoms with Crippen LogP contribution in [0.2, 0.25) is 0 Å². The largest absolute Gasteiger partial charge is 0.441 e. The van der Waals surface area contributed by atoms with Crippen molar-refractivity contribution >= 4 is 5.91 Å². The van der Waals surface area contributed by atoms with Gasteiger partial charge in [0.2, 0.25) is 11.7 Å². The SMILES string of the molecule is Cc1oc(-c2ccncc2)nc1CC1COC(C)(C(=O)NCC2CCOCC2)OC1. The van der Waals surface area contributed by atoms with Crippen molar-refractivity contribution in [2.45, 2.75) is 38.9 Å². The van der Waals surface area contributed by atoms with Crippen LogP contribution in [0.3, 0.4) is 0 Å². The van der Waals surface area contributed by atoms with Gasteiger partial charge in [-0.25, -0.2) is 4.98 Å². The minimum absolute atomic E-state index is 0.107. The molecule has 0 radical (unpaired) electrons. The standard InChI is InChI=1S/C22H29N3O5/c1-15-19(25-20(30-15)18-3-7-23-8-4-18)11-17-13-28-22(2,29-14-17)21(26)24-12-16-5-9-27-10-6-16/h3-4,7-8,16-17H,5-6,9-14H2,1-2H3,(H,24,26). The zero-order chi connectivity index (χ0) is 21.0. The molecule has 2 aliphatic rings. The molecule has 1 amide bonds. The molecule has 0 bridgehead atoms. The molecule has 8 heteroatoms. The summed E-state index contributed by atoms with van der Waals surface area (Å²) in [5.41, 5.74) is 1.77. The lowest BCUT2D eigenvalue weighted by Crippen LogP contribution is -2.54. The predicted octanol–water partition coefficient (Wildman–Crippen LogP) is 2.51. The Hall–Kier alpha value is -2.29. The van der Waals surface area contributed by atoms with Gasteiger partial charge in [0.25, 0.3) is 5.91 Å². The van der Waals surface area contributed by atoms with Gasteiger partial charge in [-0.05, 0) is 44.7 Å². The summed E-state index contributed by atoms with van der Waals surface area (Å²) in [5.74, 6) is 0.458. The molecule has 0 aromatic carbocycles. The maximum atomic E-state index is 12.6. The molecule has 0 atom stereocenters. The van der Waals surface area contributed by atoms with Gasteiger partial charge in [0, 0.05) is 50.1 Å². The summed E-state index contributed by atoms with van der Waals surface area (Å²) in [6.07, 6.45) is 6.04. The van der Waals surface area contributed by atoms with Crippen LogP contribution < -0.4 is 5.32 Å². The van der Waals surface area contributed by atoms with Crippen LogP contribution in [0, 0.1) is 18.8 Å². The third-order valence-corrected chi connectivity index (χ3v) is 5.80. The van der Waals surface area contributed by atoms with Crippen LogP contribution >= 0.6 is 0 Å². The molecule has 0 spiro atoms. The van der Waals surface area contributed by atoms with E-state index in [-0.39, 0.29) is 11.8 Å². The molecule has 2 aliphatic heterocycles. The monoisotopic (exact) mass is 415 g/mol. The Labute approximate surface area is 176 Å². The van der Waals surface area contributed by atoms with Crippen molar-refractivity contribution in [1.29, 1.82) is 0 Å². The van der Waals surface area contributed by atoms with Crippen LogP contribution in [0.4, 0.5) is 0 Å². The topological polar surface area (TPSA) is 95.7 Å². The van der Waals surface area contributed by atoms with Crippen molar-refractivity contribution in [2.75, 3.05) is 33.0 Å². The molecular formula is C22H29N3O5. The van der Waals surface area contributed by atoms with Crippen LogP contribution in [0.15, 0.2) is 28.9 Å². The summed E-state index contributed by atoms with van der Waals surface area (Å²) in [6, 6.07) is 3.73. The number of aromatic nitrogens is 2. The summed E-state index contributed by atoms with van der Waals surface area (Å²) in [6.45, 7) is 6.60. The van der Waals surface area contributed by atoms with Gasteiger partial charge in [-0.15, -0.1) is 0 Å². The first-order valence-electron chi connectivity index (χ1n) is 10.5. The van der Waals surface area contributed by atoms with Gasteiger partial charge < -0.3 is 23.9 Å². The Bertz CT molecular complexity index is 840. The number of nitrogens with one attached hydrogen (secondary N) is 1. The quantitative estimate of drug-likeness (QED) is 0.774. The number of carbonyl (C=O) groups excluding carboxylic acids is 1. The number of aryl methyl sites for hydroxylation is 1. The number of hydrogen-bond donors (Lipinski definition) is 1. The van der Waals surface area contributed by atoms with Crippen molar-refractivity contribution in [3.8, 4) is 11.5 Å². The van der Waals surface area contributed by atoms with Gasteiger partial charge >= 0.3 is 0 Å². The molecule has 0 saturated carbocycles. The number of hydrogen-bond acceptors (Lipinski definition) is 7. The molecular weight excluding hydrogens is 386 g/mol. The van der Waals surface area contributed by atoms with Gasteiger partial charge in [-0.1, -0.05) is 0 Å². The average Bonchev–Trinajstić information content (AvgIpc) is 3.15. The highest BCUT2D eigenvalue weighted by atomic mass is 16.7. The minimum Gasteiger partial charge on any atom is -0.441 e. The van der Waals surface area contributed by atoms with Crippen molar-refractivity contribution in [2.24, 2.45) is 11.8 Å². The second-order valence-electron chi connectivity index (χ2n) is 8.16. The lowest BCUT2D eigenvalue weighted by molar-refractivity contribution is -0.260. The predicted molar refractivity (Wildman–Crippen MR) is 109 cm³/mol. The summed E-state index contributed by atoms with van der Waals surface area (Å²) < 4.78 is 22.9. The first-order valence-corrected chi connectivity index (χ1v) is 10.5. The second-order valence-corrected chi connectivity index (χ2v) is 8.16. The highest BCUT2D eigenvalue weighted by Gasteiger charge is 2.40. The van der Waals surface area contributed by atoms with E-state index in [9.17, 15) is 4.79 Å². The number of pyridine rings is 1. The Morgan fingerprint density at radius 3 is 2.57 bits per heavy atom. The van der Waals surface area contributed by atoms with Gasteiger partial charge in [-0.3, -0.25) is 9.78 Å². The van der Waals surface area contributed by atoms with Crippen LogP contribution in [0.25, 0.3) is 11.5 Å². The molecule has 2 fully saturated rings. The molecule has 4 heterocycles. The van der Waals surface area contributed by atoms with Gasteiger partial charge in [0.05, 0.1) is 18.9 Å². The fourth-order valence-electron chi connectivity index (χ4n) is 3.75. The first-order chi connectivity index (χ1) is 14.5. The van der Waals surface area contributed by atoms with E-state index in [1.54, 1.807) is 19.3 Å². The van der Waals surface area contributed by atoms with Crippen LogP contribution in [-0.2, 0) is 25.4 Å². The average molecular weight is 415 g/mol. The lowest BCUT2D eigenvalue weighted by Gasteiger charge is -2.36. The number of carbonyl (C=O) groups is 1. The molecule has 2 aromatic heterocycles. The third kappa shape index (κ3) is 4.88. The molecule has 4 rings (SSSR count). The van der Waals surface area contributed by atoms with Crippen LogP contribution in [0.5, 0.6) is 0 Å². The Balaban J connectivity index is 1.29. The molecule has 2 aromatic rings. The highest BCUT2D eigenvalue weighted by molar-refractivity contribution is 5.83. The summed E-state index contributed by atoms with van der Waals surface area (Å²) in [4.78, 5) is 21.3. The summed E-state index contributed by atoms with van der Waals surface area (Å²) in [7, 11) is 0. The molecule has 2 saturated heterocycles. The smallest absolute Gasteiger partial charge is 0.280 e. The molecule has 0 aliphatic carbocycles. The zero-order valence-corrected chi connectivity index (χ0v) is 17.6. The fraction of sp³-hybridized carbons (Fsp3) is 0.591. The van der Waals surface area contributed by atoms with Crippen molar-refractivity contribution in [1.82, 2.24) is 15.3 Å². The maximum absolute atomic E-state index is 12.6. The van der Waals surface area contributed by atoms with Crippen molar-refractivity contribution in [3.63, 3.8) is 0 Å². The van der Waals surface area contributed by atoms with E-state index in [4.69, 9.17) is 18.6 Å². The molecule has 1 N–H and O–H groups in total. The molecule has 8 nitrogen and oxygen atoms in total. The zero-order valence-electron chi connectivity index (χ0n) is 17.6. The van der Waals surface area contributed by atoms with E-state index < -0.39 is 5.79 Å². The second kappa shape index (κ2) is 9.24. The van der Waals surface area contributed by atoms with Gasteiger partial charge in [0.1, 0.15) is 5.76 Å². The maximum Gasteiger partial charge on any atom is 0.280 e. The van der Waals surface area contributed by atoms with E-state index in [1.807, 2.05) is 19.1 Å². The number of amides is 1. The van der Waals surface area contributed by atoms with Crippen molar-refractivity contribution < 1.29 is 23.4 Å². The van der Waals surface area contributed by atoms with E-state index in [2.05, 4.69) is 15.3 Å². The Morgan fingerprint density at radius 1 is 1.17 bits per heavy atom. The Kier molecular flexibility index (Phi) is 6.46. The summed E-state index contributed by atoms with van der Waals surface area (Å²) >= 11 is 0. The number of ether oxygens (including phenoxy) is 3. The molecule has 0 unspecified atom stereocenters. The normalized spacial score (nSPS) is 25.2. The van der Waals surface area contributed by atoms with Gasteiger partial charge in [-0.2, -0.15) is 0 Å². The van der Waals surface area contributed by atoms with Crippen LogP contribution in [-0.4, -0.2) is 54.6 Å². The Morgan fingerprint density at radius 2 is 1.87 bits per heavy atom. The van der Waals surface area contributed by atoms with Crippen molar-refractivity contribution in [3.05, 3.63) is 36.0 Å². The van der Waals surface area contributed by atoms with Crippen LogP contribution in [0.1, 0.15) is 31.2 Å². The number of oxazole rings is 1. The highest BCUT2D eigenvalue weighted by Crippen LogP contribution is 2.27. The van der Waals surface area contributed by atoms with E-state index >= 15 is 0 Å². The number of rotatable bonds is 6. The number of nitrogens with zero attached hydrogens (tertiary/aromatic N) is 2. The summed E-state index contributed by atoms with van der Waals surface area (Å²) in [5, 5.41) is 2.98. The van der Waals surface area contributed by atoms with E-state index in [1.165, 1.54) is 0 Å². The van der Waals surface area contributed by atoms with Gasteiger partial charge in [0.15, 0.2) is 0 Å². The third-order valence-electron chi connectivity index (χ3n) is 5.80.